The second-order valence-electron chi connectivity index (χ2n) is 5.57. The van der Waals surface area contributed by atoms with Crippen molar-refractivity contribution < 1.29 is 19.1 Å². The Morgan fingerprint density at radius 1 is 1.23 bits per heavy atom. The number of carbonyl (C=O) groups excluding carboxylic acids is 2. The molecule has 22 heavy (non-hydrogen) atoms. The third-order valence-electron chi connectivity index (χ3n) is 3.45. The van der Waals surface area contributed by atoms with Gasteiger partial charge in [-0.05, 0) is 38.1 Å². The molecule has 2 rings (SSSR count). The summed E-state index contributed by atoms with van der Waals surface area (Å²) in [6.07, 6.45) is 0.270. The van der Waals surface area contributed by atoms with Crippen molar-refractivity contribution in [3.8, 4) is 0 Å². The molecule has 1 heterocycles. The number of nitrogens with zero attached hydrogens (tertiary/aromatic N) is 1. The summed E-state index contributed by atoms with van der Waals surface area (Å²) in [5.41, 5.74) is 1.11. The number of esters is 1. The molecule has 0 saturated carbocycles. The molecular weight excluding hydrogens is 284 g/mol. The molecule has 1 aliphatic rings. The van der Waals surface area contributed by atoms with E-state index in [4.69, 9.17) is 4.74 Å². The van der Waals surface area contributed by atoms with Gasteiger partial charge in [0.1, 0.15) is 0 Å². The molecule has 1 aromatic rings. The van der Waals surface area contributed by atoms with E-state index in [-0.39, 0.29) is 18.1 Å². The number of benzene rings is 1. The number of carbonyl (C=O) groups is 2. The van der Waals surface area contributed by atoms with Gasteiger partial charge in [-0.2, -0.15) is 0 Å². The lowest BCUT2D eigenvalue weighted by molar-refractivity contribution is -0.121. The standard InChI is InChI=1S/C16H22N2O4/c1-11-8-18(9-12(2)22-11)10-15(19)17-14-6-4-13(5-7-14)16(20)21-3/h4-7,11-12H,8-10H2,1-3H3,(H,17,19). The van der Waals surface area contributed by atoms with Gasteiger partial charge in [0.15, 0.2) is 0 Å². The molecule has 1 N–H and O–H groups in total. The van der Waals surface area contributed by atoms with Gasteiger partial charge >= 0.3 is 5.97 Å². The van der Waals surface area contributed by atoms with Crippen molar-refractivity contribution in [3.05, 3.63) is 29.8 Å². The highest BCUT2D eigenvalue weighted by molar-refractivity contribution is 5.93. The lowest BCUT2D eigenvalue weighted by Gasteiger charge is -2.34. The Hall–Kier alpha value is -1.92. The van der Waals surface area contributed by atoms with Crippen LogP contribution >= 0.6 is 0 Å². The monoisotopic (exact) mass is 306 g/mol. The van der Waals surface area contributed by atoms with Crippen LogP contribution in [0.15, 0.2) is 24.3 Å². The van der Waals surface area contributed by atoms with Crippen LogP contribution in [0.5, 0.6) is 0 Å². The van der Waals surface area contributed by atoms with E-state index in [1.807, 2.05) is 13.8 Å². The van der Waals surface area contributed by atoms with Gasteiger partial charge in [-0.3, -0.25) is 9.69 Å². The summed E-state index contributed by atoms with van der Waals surface area (Å²) >= 11 is 0. The number of hydrogen-bond acceptors (Lipinski definition) is 5. The molecule has 2 unspecified atom stereocenters. The summed E-state index contributed by atoms with van der Waals surface area (Å²) in [6, 6.07) is 6.63. The van der Waals surface area contributed by atoms with Gasteiger partial charge in [0, 0.05) is 18.8 Å². The maximum absolute atomic E-state index is 12.1. The highest BCUT2D eigenvalue weighted by atomic mass is 16.5. The number of amides is 1. The van der Waals surface area contributed by atoms with Crippen LogP contribution in [-0.2, 0) is 14.3 Å². The molecule has 1 aromatic carbocycles. The highest BCUT2D eigenvalue weighted by Gasteiger charge is 2.23. The second-order valence-corrected chi connectivity index (χ2v) is 5.57. The quantitative estimate of drug-likeness (QED) is 0.854. The van der Waals surface area contributed by atoms with Gasteiger partial charge in [-0.15, -0.1) is 0 Å². The first-order valence-electron chi connectivity index (χ1n) is 7.34. The molecule has 0 aromatic heterocycles. The Labute approximate surface area is 130 Å². The van der Waals surface area contributed by atoms with Crippen molar-refractivity contribution in [2.75, 3.05) is 32.1 Å². The number of nitrogens with one attached hydrogen (secondary N) is 1. The van der Waals surface area contributed by atoms with E-state index >= 15 is 0 Å². The molecule has 0 spiro atoms. The van der Waals surface area contributed by atoms with E-state index in [0.717, 1.165) is 13.1 Å². The number of anilines is 1. The van der Waals surface area contributed by atoms with Gasteiger partial charge in [-0.1, -0.05) is 0 Å². The van der Waals surface area contributed by atoms with Crippen LogP contribution in [0.25, 0.3) is 0 Å². The summed E-state index contributed by atoms with van der Waals surface area (Å²) in [5.74, 6) is -0.471. The molecule has 1 amide bonds. The molecule has 0 aliphatic carbocycles. The average Bonchev–Trinajstić information content (AvgIpc) is 2.46. The van der Waals surface area contributed by atoms with Crippen LogP contribution in [0, 0.1) is 0 Å². The number of methoxy groups -OCH3 is 1. The minimum atomic E-state index is -0.394. The highest BCUT2D eigenvalue weighted by Crippen LogP contribution is 2.12. The van der Waals surface area contributed by atoms with Crippen LogP contribution in [0.4, 0.5) is 5.69 Å². The maximum atomic E-state index is 12.1. The molecule has 120 valence electrons. The zero-order valence-corrected chi connectivity index (χ0v) is 13.2. The largest absolute Gasteiger partial charge is 0.465 e. The molecule has 1 saturated heterocycles. The minimum absolute atomic E-state index is 0.0767. The van der Waals surface area contributed by atoms with Crippen LogP contribution in [0.1, 0.15) is 24.2 Å². The fourth-order valence-electron chi connectivity index (χ4n) is 2.62. The van der Waals surface area contributed by atoms with Crippen LogP contribution in [-0.4, -0.2) is 55.7 Å². The third kappa shape index (κ3) is 4.54. The molecule has 0 radical (unpaired) electrons. The van der Waals surface area contributed by atoms with Gasteiger partial charge in [0.2, 0.25) is 5.91 Å². The van der Waals surface area contributed by atoms with Crippen LogP contribution in [0.3, 0.4) is 0 Å². The molecule has 2 atom stereocenters. The second kappa shape index (κ2) is 7.38. The van der Waals surface area contributed by atoms with Gasteiger partial charge in [-0.25, -0.2) is 4.79 Å². The predicted octanol–water partition coefficient (Wildman–Crippen LogP) is 1.52. The van der Waals surface area contributed by atoms with Crippen molar-refractivity contribution >= 4 is 17.6 Å². The first-order chi connectivity index (χ1) is 10.5. The van der Waals surface area contributed by atoms with Crippen molar-refractivity contribution in [1.82, 2.24) is 4.90 Å². The summed E-state index contributed by atoms with van der Waals surface area (Å²) < 4.78 is 10.3. The average molecular weight is 306 g/mol. The number of ether oxygens (including phenoxy) is 2. The fourth-order valence-corrected chi connectivity index (χ4v) is 2.62. The Morgan fingerprint density at radius 2 is 1.82 bits per heavy atom. The maximum Gasteiger partial charge on any atom is 0.337 e. The van der Waals surface area contributed by atoms with E-state index in [0.29, 0.717) is 17.8 Å². The summed E-state index contributed by atoms with van der Waals surface area (Å²) in [6.45, 7) is 5.84. The molecule has 1 aliphatic heterocycles. The fraction of sp³-hybridized carbons (Fsp3) is 0.500. The molecular formula is C16H22N2O4. The normalized spacial score (nSPS) is 22.1. The van der Waals surface area contributed by atoms with Crippen molar-refractivity contribution in [1.29, 1.82) is 0 Å². The molecule has 0 bridgehead atoms. The number of rotatable bonds is 4. The summed E-state index contributed by atoms with van der Waals surface area (Å²) in [4.78, 5) is 25.5. The first-order valence-corrected chi connectivity index (χ1v) is 7.34. The van der Waals surface area contributed by atoms with E-state index < -0.39 is 5.97 Å². The van der Waals surface area contributed by atoms with Crippen molar-refractivity contribution in [3.63, 3.8) is 0 Å². The van der Waals surface area contributed by atoms with E-state index in [2.05, 4.69) is 15.0 Å². The van der Waals surface area contributed by atoms with Gasteiger partial charge in [0.05, 0.1) is 31.4 Å². The Balaban J connectivity index is 1.87. The molecule has 6 heteroatoms. The Morgan fingerprint density at radius 3 is 2.36 bits per heavy atom. The third-order valence-corrected chi connectivity index (χ3v) is 3.45. The smallest absolute Gasteiger partial charge is 0.337 e. The predicted molar refractivity (Wildman–Crippen MR) is 82.9 cm³/mol. The van der Waals surface area contributed by atoms with Crippen molar-refractivity contribution in [2.24, 2.45) is 0 Å². The zero-order valence-electron chi connectivity index (χ0n) is 13.2. The lowest BCUT2D eigenvalue weighted by atomic mass is 10.2. The topological polar surface area (TPSA) is 67.9 Å². The van der Waals surface area contributed by atoms with Gasteiger partial charge in [0.25, 0.3) is 0 Å². The van der Waals surface area contributed by atoms with Gasteiger partial charge < -0.3 is 14.8 Å². The van der Waals surface area contributed by atoms with Crippen molar-refractivity contribution in [2.45, 2.75) is 26.1 Å². The van der Waals surface area contributed by atoms with E-state index in [9.17, 15) is 9.59 Å². The number of hydrogen-bond donors (Lipinski definition) is 1. The first kappa shape index (κ1) is 16.5. The SMILES string of the molecule is COC(=O)c1ccc(NC(=O)CN2CC(C)OC(C)C2)cc1. The molecule has 6 nitrogen and oxygen atoms in total. The zero-order chi connectivity index (χ0) is 16.1. The number of morpholine rings is 1. The van der Waals surface area contributed by atoms with Crippen LogP contribution < -0.4 is 5.32 Å². The Kier molecular flexibility index (Phi) is 5.51. The summed E-state index contributed by atoms with van der Waals surface area (Å²) in [5, 5.41) is 2.83. The van der Waals surface area contributed by atoms with Crippen LogP contribution in [0.2, 0.25) is 0 Å². The summed E-state index contributed by atoms with van der Waals surface area (Å²) in [7, 11) is 1.34. The molecule has 1 fully saturated rings. The van der Waals surface area contributed by atoms with E-state index in [1.165, 1.54) is 7.11 Å². The lowest BCUT2D eigenvalue weighted by Crippen LogP contribution is -2.48. The minimum Gasteiger partial charge on any atom is -0.465 e. The van der Waals surface area contributed by atoms with E-state index in [1.54, 1.807) is 24.3 Å². The Bertz CT molecular complexity index is 519.